The Morgan fingerprint density at radius 1 is 0.579 bits per heavy atom. The summed E-state index contributed by atoms with van der Waals surface area (Å²) in [5.41, 5.74) is 0.775. The molecule has 0 aliphatic carbocycles. The van der Waals surface area contributed by atoms with Gasteiger partial charge in [0, 0.05) is 13.1 Å². The Kier molecular flexibility index (Phi) is 20.7. The minimum atomic E-state index is -0.394. The zero-order valence-corrected chi connectivity index (χ0v) is 25.0. The topological polar surface area (TPSA) is 59.1 Å². The van der Waals surface area contributed by atoms with Crippen LogP contribution in [0.25, 0.3) is 0 Å². The van der Waals surface area contributed by atoms with E-state index in [1.165, 1.54) is 77.0 Å². The van der Waals surface area contributed by atoms with E-state index in [1.807, 2.05) is 0 Å². The molecule has 0 amide bonds. The monoisotopic (exact) mass is 532 g/mol. The van der Waals surface area contributed by atoms with E-state index in [9.17, 15) is 9.59 Å². The summed E-state index contributed by atoms with van der Waals surface area (Å²) in [6, 6.07) is 6.64. The third kappa shape index (κ3) is 17.6. The van der Waals surface area contributed by atoms with E-state index < -0.39 is 11.9 Å². The van der Waals surface area contributed by atoms with Crippen LogP contribution in [-0.2, 0) is 9.47 Å². The van der Waals surface area contributed by atoms with Crippen LogP contribution in [-0.4, -0.2) is 75.2 Å². The molecule has 6 nitrogen and oxygen atoms in total. The van der Waals surface area contributed by atoms with Gasteiger partial charge in [0.05, 0.1) is 24.3 Å². The SMILES string of the molecule is CCCCCCCCN(C)CCCOC(=O)c1cccc(C(=O)OCCCN(C)CCCCCCCC)c1. The van der Waals surface area contributed by atoms with Crippen LogP contribution in [0.5, 0.6) is 0 Å². The third-order valence-corrected chi connectivity index (χ3v) is 6.96. The normalized spacial score (nSPS) is 11.3. The van der Waals surface area contributed by atoms with Crippen molar-refractivity contribution in [1.82, 2.24) is 9.80 Å². The molecule has 0 saturated heterocycles. The van der Waals surface area contributed by atoms with Gasteiger partial charge < -0.3 is 19.3 Å². The van der Waals surface area contributed by atoms with E-state index >= 15 is 0 Å². The fraction of sp³-hybridized carbons (Fsp3) is 0.750. The fourth-order valence-electron chi connectivity index (χ4n) is 4.49. The van der Waals surface area contributed by atoms with Gasteiger partial charge in [0.1, 0.15) is 0 Å². The first kappa shape index (κ1) is 34.1. The van der Waals surface area contributed by atoms with Crippen molar-refractivity contribution < 1.29 is 19.1 Å². The van der Waals surface area contributed by atoms with Gasteiger partial charge in [-0.25, -0.2) is 9.59 Å². The van der Waals surface area contributed by atoms with Gasteiger partial charge in [-0.1, -0.05) is 84.1 Å². The molecule has 1 rings (SSSR count). The van der Waals surface area contributed by atoms with Gasteiger partial charge in [-0.2, -0.15) is 0 Å². The first-order valence-corrected chi connectivity index (χ1v) is 15.3. The fourth-order valence-corrected chi connectivity index (χ4v) is 4.49. The molecule has 0 saturated carbocycles. The number of esters is 2. The van der Waals surface area contributed by atoms with Crippen molar-refractivity contribution in [3.05, 3.63) is 35.4 Å². The van der Waals surface area contributed by atoms with Gasteiger partial charge in [0.2, 0.25) is 0 Å². The molecule has 0 spiro atoms. The highest BCUT2D eigenvalue weighted by molar-refractivity contribution is 5.95. The largest absolute Gasteiger partial charge is 0.462 e. The molecule has 0 aliphatic rings. The minimum Gasteiger partial charge on any atom is -0.462 e. The maximum absolute atomic E-state index is 12.5. The van der Waals surface area contributed by atoms with Crippen molar-refractivity contribution in [2.45, 2.75) is 104 Å². The number of unbranched alkanes of at least 4 members (excludes halogenated alkanes) is 10. The zero-order chi connectivity index (χ0) is 27.8. The summed E-state index contributed by atoms with van der Waals surface area (Å²) < 4.78 is 10.9. The quantitative estimate of drug-likeness (QED) is 0.102. The molecular weight excluding hydrogens is 476 g/mol. The maximum atomic E-state index is 12.5. The van der Waals surface area contributed by atoms with Crippen LogP contribution in [0, 0.1) is 0 Å². The second-order valence-electron chi connectivity index (χ2n) is 10.7. The van der Waals surface area contributed by atoms with Gasteiger partial charge in [0.15, 0.2) is 0 Å². The molecule has 0 aromatic heterocycles. The van der Waals surface area contributed by atoms with Crippen molar-refractivity contribution >= 4 is 11.9 Å². The standard InChI is InChI=1S/C32H56N2O4/c1-5-7-9-11-13-15-22-33(3)24-18-26-37-31(35)29-20-17-21-30(28-29)32(36)38-27-19-25-34(4)23-16-14-12-10-8-6-2/h17,20-21,28H,5-16,18-19,22-27H2,1-4H3. The lowest BCUT2D eigenvalue weighted by Gasteiger charge is -2.16. The van der Waals surface area contributed by atoms with Gasteiger partial charge in [-0.15, -0.1) is 0 Å². The van der Waals surface area contributed by atoms with E-state index in [-0.39, 0.29) is 0 Å². The lowest BCUT2D eigenvalue weighted by atomic mass is 10.1. The van der Waals surface area contributed by atoms with Crippen LogP contribution in [0.4, 0.5) is 0 Å². The minimum absolute atomic E-state index is 0.376. The molecule has 0 bridgehead atoms. The Balaban J connectivity index is 2.20. The van der Waals surface area contributed by atoms with E-state index in [4.69, 9.17) is 9.47 Å². The second-order valence-corrected chi connectivity index (χ2v) is 10.7. The Labute approximate surface area is 233 Å². The second kappa shape index (κ2) is 23.0. The first-order valence-electron chi connectivity index (χ1n) is 15.3. The molecular formula is C32H56N2O4. The number of carbonyl (C=O) groups is 2. The van der Waals surface area contributed by atoms with Crippen LogP contribution in [0.1, 0.15) is 124 Å². The average molecular weight is 533 g/mol. The summed E-state index contributed by atoms with van der Waals surface area (Å²) >= 11 is 0. The number of nitrogens with zero attached hydrogens (tertiary/aromatic N) is 2. The highest BCUT2D eigenvalue weighted by Crippen LogP contribution is 2.10. The summed E-state index contributed by atoms with van der Waals surface area (Å²) in [5.74, 6) is -0.788. The summed E-state index contributed by atoms with van der Waals surface area (Å²) in [7, 11) is 4.24. The van der Waals surface area contributed by atoms with Gasteiger partial charge >= 0.3 is 11.9 Å². The van der Waals surface area contributed by atoms with E-state index in [0.717, 1.165) is 39.0 Å². The van der Waals surface area contributed by atoms with E-state index in [2.05, 4.69) is 37.7 Å². The van der Waals surface area contributed by atoms with Crippen LogP contribution >= 0.6 is 0 Å². The average Bonchev–Trinajstić information content (AvgIpc) is 2.92. The number of hydrogen-bond acceptors (Lipinski definition) is 6. The summed E-state index contributed by atoms with van der Waals surface area (Å²) in [5, 5.41) is 0. The Morgan fingerprint density at radius 2 is 0.947 bits per heavy atom. The van der Waals surface area contributed by atoms with Crippen LogP contribution < -0.4 is 0 Å². The zero-order valence-electron chi connectivity index (χ0n) is 25.0. The van der Waals surface area contributed by atoms with Crippen LogP contribution in [0.2, 0.25) is 0 Å². The van der Waals surface area contributed by atoms with Gasteiger partial charge in [0.25, 0.3) is 0 Å². The number of ether oxygens (including phenoxy) is 2. The number of benzene rings is 1. The Morgan fingerprint density at radius 3 is 1.37 bits per heavy atom. The number of carbonyl (C=O) groups excluding carboxylic acids is 2. The van der Waals surface area contributed by atoms with Crippen molar-refractivity contribution in [1.29, 1.82) is 0 Å². The molecule has 218 valence electrons. The molecule has 6 heteroatoms. The van der Waals surface area contributed by atoms with Gasteiger partial charge in [-0.05, 0) is 71.1 Å². The van der Waals surface area contributed by atoms with Crippen molar-refractivity contribution in [3.63, 3.8) is 0 Å². The molecule has 0 heterocycles. The van der Waals surface area contributed by atoms with Crippen molar-refractivity contribution in [2.75, 3.05) is 53.5 Å². The molecule has 0 aliphatic heterocycles. The third-order valence-electron chi connectivity index (χ3n) is 6.96. The lowest BCUT2D eigenvalue weighted by molar-refractivity contribution is 0.0489. The highest BCUT2D eigenvalue weighted by atomic mass is 16.5. The molecule has 1 aromatic carbocycles. The lowest BCUT2D eigenvalue weighted by Crippen LogP contribution is -2.22. The smallest absolute Gasteiger partial charge is 0.338 e. The number of rotatable bonds is 24. The van der Waals surface area contributed by atoms with E-state index in [0.29, 0.717) is 24.3 Å². The molecule has 0 unspecified atom stereocenters. The Hall–Kier alpha value is -1.92. The number of hydrogen-bond donors (Lipinski definition) is 0. The maximum Gasteiger partial charge on any atom is 0.338 e. The summed E-state index contributed by atoms with van der Waals surface area (Å²) in [6.45, 7) is 9.21. The van der Waals surface area contributed by atoms with Crippen molar-refractivity contribution in [3.8, 4) is 0 Å². The predicted octanol–water partition coefficient (Wildman–Crippen LogP) is 7.37. The van der Waals surface area contributed by atoms with Crippen molar-refractivity contribution in [2.24, 2.45) is 0 Å². The molecule has 0 N–H and O–H groups in total. The highest BCUT2D eigenvalue weighted by Gasteiger charge is 2.13. The van der Waals surface area contributed by atoms with Crippen LogP contribution in [0.15, 0.2) is 24.3 Å². The summed E-state index contributed by atoms with van der Waals surface area (Å²) in [6.07, 6.45) is 17.2. The predicted molar refractivity (Wildman–Crippen MR) is 158 cm³/mol. The summed E-state index contributed by atoms with van der Waals surface area (Å²) in [4.78, 5) is 29.5. The van der Waals surface area contributed by atoms with E-state index in [1.54, 1.807) is 24.3 Å². The molecule has 1 aromatic rings. The molecule has 0 atom stereocenters. The first-order chi connectivity index (χ1) is 18.5. The molecule has 0 radical (unpaired) electrons. The molecule has 38 heavy (non-hydrogen) atoms. The Bertz CT molecular complexity index is 683. The molecule has 0 fully saturated rings. The van der Waals surface area contributed by atoms with Gasteiger partial charge in [-0.3, -0.25) is 0 Å². The van der Waals surface area contributed by atoms with Crippen LogP contribution in [0.3, 0.4) is 0 Å².